The summed E-state index contributed by atoms with van der Waals surface area (Å²) < 4.78 is 10.5. The normalized spacial score (nSPS) is 10.6. The lowest BCUT2D eigenvalue weighted by Crippen LogP contribution is -2.27. The molecule has 0 heterocycles. The van der Waals surface area contributed by atoms with E-state index in [9.17, 15) is 10.1 Å². The number of carbonyl (C=O) groups is 1. The van der Waals surface area contributed by atoms with Gasteiger partial charge in [-0.1, -0.05) is 6.07 Å². The third-order valence-corrected chi connectivity index (χ3v) is 3.81. The highest BCUT2D eigenvalue weighted by Gasteiger charge is 2.09. The predicted molar refractivity (Wildman–Crippen MR) is 104 cm³/mol. The number of anilines is 2. The maximum atomic E-state index is 12.2. The van der Waals surface area contributed by atoms with Crippen LogP contribution in [0.15, 0.2) is 54.2 Å². The number of rotatable bonds is 8. The minimum Gasteiger partial charge on any atom is -0.493 e. The molecule has 27 heavy (non-hydrogen) atoms. The summed E-state index contributed by atoms with van der Waals surface area (Å²) in [4.78, 5) is 12.2. The Labute approximate surface area is 158 Å². The van der Waals surface area contributed by atoms with Crippen LogP contribution in [-0.4, -0.2) is 26.7 Å². The molecule has 0 aliphatic carbocycles. The average Bonchev–Trinajstić information content (AvgIpc) is 2.69. The predicted octanol–water partition coefficient (Wildman–Crippen LogP) is 2.46. The number of hydrogen-bond donors (Lipinski definition) is 3. The monoisotopic (exact) mass is 366 g/mol. The second kappa shape index (κ2) is 9.73. The van der Waals surface area contributed by atoms with E-state index in [1.54, 1.807) is 38.5 Å². The quantitative estimate of drug-likeness (QED) is 0.376. The Morgan fingerprint density at radius 1 is 1.15 bits per heavy atom. The Morgan fingerprint density at radius 3 is 2.48 bits per heavy atom. The van der Waals surface area contributed by atoms with Gasteiger partial charge in [0.15, 0.2) is 11.5 Å². The molecule has 0 bridgehead atoms. The lowest BCUT2D eigenvalue weighted by atomic mass is 10.1. The highest BCUT2D eigenvalue weighted by molar-refractivity contribution is 5.97. The Hall–Kier alpha value is -3.66. The summed E-state index contributed by atoms with van der Waals surface area (Å²) in [6, 6.07) is 14.4. The maximum absolute atomic E-state index is 12.2. The van der Waals surface area contributed by atoms with Crippen molar-refractivity contribution in [3.8, 4) is 17.6 Å². The summed E-state index contributed by atoms with van der Waals surface area (Å²) in [6.45, 7) is 0.384. The summed E-state index contributed by atoms with van der Waals surface area (Å²) in [5, 5.41) is 14.8. The van der Waals surface area contributed by atoms with Crippen molar-refractivity contribution >= 4 is 17.3 Å². The molecule has 7 nitrogen and oxygen atoms in total. The lowest BCUT2D eigenvalue weighted by molar-refractivity contribution is -0.117. The zero-order valence-electron chi connectivity index (χ0n) is 15.3. The van der Waals surface area contributed by atoms with Crippen molar-refractivity contribution in [2.75, 3.05) is 31.8 Å². The number of methoxy groups -OCH3 is 2. The van der Waals surface area contributed by atoms with Gasteiger partial charge in [0.25, 0.3) is 5.91 Å². The molecule has 7 heteroatoms. The Morgan fingerprint density at radius 2 is 1.85 bits per heavy atom. The molecule has 0 aliphatic heterocycles. The number of carbonyl (C=O) groups excluding carboxylic acids is 1. The number of hydrogen-bond acceptors (Lipinski definition) is 6. The summed E-state index contributed by atoms with van der Waals surface area (Å²) in [5.74, 6) is 0.835. The van der Waals surface area contributed by atoms with Gasteiger partial charge in [0.2, 0.25) is 0 Å². The topological polar surface area (TPSA) is 109 Å². The largest absolute Gasteiger partial charge is 0.493 e. The van der Waals surface area contributed by atoms with Crippen molar-refractivity contribution in [2.45, 2.75) is 6.42 Å². The van der Waals surface area contributed by atoms with Gasteiger partial charge in [0.1, 0.15) is 11.6 Å². The van der Waals surface area contributed by atoms with E-state index in [1.165, 1.54) is 6.20 Å². The zero-order valence-corrected chi connectivity index (χ0v) is 15.3. The van der Waals surface area contributed by atoms with Crippen LogP contribution in [0.1, 0.15) is 5.56 Å². The number of benzene rings is 2. The van der Waals surface area contributed by atoms with Crippen molar-refractivity contribution < 1.29 is 14.3 Å². The SMILES string of the molecule is COc1ccc(CCNC(=O)/C(C#N)=C\Nc2ccc(N)cc2)cc1OC. The van der Waals surface area contributed by atoms with E-state index in [2.05, 4.69) is 10.6 Å². The van der Waals surface area contributed by atoms with Gasteiger partial charge < -0.3 is 25.8 Å². The number of nitrogens with two attached hydrogens (primary N) is 1. The fourth-order valence-corrected chi connectivity index (χ4v) is 2.34. The van der Waals surface area contributed by atoms with Gasteiger partial charge in [-0.15, -0.1) is 0 Å². The number of ether oxygens (including phenoxy) is 2. The van der Waals surface area contributed by atoms with Crippen LogP contribution in [0.2, 0.25) is 0 Å². The van der Waals surface area contributed by atoms with E-state index < -0.39 is 5.91 Å². The molecule has 4 N–H and O–H groups in total. The molecule has 1 amide bonds. The standard InChI is InChI=1S/C20H22N4O3/c1-26-18-8-3-14(11-19(18)27-2)9-10-23-20(25)15(12-21)13-24-17-6-4-16(22)5-7-17/h3-8,11,13,24H,9-10,22H2,1-2H3,(H,23,25)/b15-13-. The molecule has 0 spiro atoms. The van der Waals surface area contributed by atoms with Crippen molar-refractivity contribution in [1.82, 2.24) is 5.32 Å². The second-order valence-corrected chi connectivity index (χ2v) is 5.63. The first kappa shape index (κ1) is 19.7. The van der Waals surface area contributed by atoms with Crippen LogP contribution in [0.5, 0.6) is 11.5 Å². The molecule has 2 aromatic carbocycles. The number of nitrogen functional groups attached to an aromatic ring is 1. The number of nitriles is 1. The Bertz CT molecular complexity index is 855. The molecule has 140 valence electrons. The van der Waals surface area contributed by atoms with Gasteiger partial charge in [0, 0.05) is 24.1 Å². The van der Waals surface area contributed by atoms with Crippen LogP contribution < -0.4 is 25.8 Å². The zero-order chi connectivity index (χ0) is 19.6. The van der Waals surface area contributed by atoms with Gasteiger partial charge in [-0.25, -0.2) is 0 Å². The number of amides is 1. The minimum atomic E-state index is -0.444. The summed E-state index contributed by atoms with van der Waals surface area (Å²) in [6.07, 6.45) is 1.97. The van der Waals surface area contributed by atoms with Crippen molar-refractivity contribution in [1.29, 1.82) is 5.26 Å². The van der Waals surface area contributed by atoms with Crippen LogP contribution in [-0.2, 0) is 11.2 Å². The minimum absolute atomic E-state index is 0.0147. The molecular weight excluding hydrogens is 344 g/mol. The molecule has 0 atom stereocenters. The van der Waals surface area contributed by atoms with Gasteiger partial charge in [0.05, 0.1) is 14.2 Å². The van der Waals surface area contributed by atoms with Crippen LogP contribution in [0, 0.1) is 11.3 Å². The third kappa shape index (κ3) is 5.68. The van der Waals surface area contributed by atoms with Crippen LogP contribution in [0.3, 0.4) is 0 Å². The Kier molecular flexibility index (Phi) is 7.08. The maximum Gasteiger partial charge on any atom is 0.263 e. The molecule has 0 saturated carbocycles. The van der Waals surface area contributed by atoms with Gasteiger partial charge in [-0.2, -0.15) is 5.26 Å². The molecule has 0 aliphatic rings. The molecular formula is C20H22N4O3. The fraction of sp³-hybridized carbons (Fsp3) is 0.200. The average molecular weight is 366 g/mol. The van der Waals surface area contributed by atoms with Gasteiger partial charge in [-0.3, -0.25) is 4.79 Å². The van der Waals surface area contributed by atoms with E-state index >= 15 is 0 Å². The Balaban J connectivity index is 1.90. The smallest absolute Gasteiger partial charge is 0.263 e. The van der Waals surface area contributed by atoms with Crippen molar-refractivity contribution in [3.05, 3.63) is 59.8 Å². The van der Waals surface area contributed by atoms with E-state index in [4.69, 9.17) is 15.2 Å². The highest BCUT2D eigenvalue weighted by atomic mass is 16.5. The third-order valence-electron chi connectivity index (χ3n) is 3.81. The van der Waals surface area contributed by atoms with Crippen LogP contribution >= 0.6 is 0 Å². The van der Waals surface area contributed by atoms with Crippen molar-refractivity contribution in [2.24, 2.45) is 0 Å². The number of nitrogens with zero attached hydrogens (tertiary/aromatic N) is 1. The first-order valence-electron chi connectivity index (χ1n) is 8.29. The molecule has 2 aromatic rings. The van der Waals surface area contributed by atoms with Crippen molar-refractivity contribution in [3.63, 3.8) is 0 Å². The molecule has 0 unspecified atom stereocenters. The second-order valence-electron chi connectivity index (χ2n) is 5.63. The van der Waals surface area contributed by atoms with Gasteiger partial charge >= 0.3 is 0 Å². The van der Waals surface area contributed by atoms with Crippen LogP contribution in [0.4, 0.5) is 11.4 Å². The molecule has 0 saturated heterocycles. The van der Waals surface area contributed by atoms with Gasteiger partial charge in [-0.05, 0) is 48.4 Å². The summed E-state index contributed by atoms with van der Waals surface area (Å²) >= 11 is 0. The highest BCUT2D eigenvalue weighted by Crippen LogP contribution is 2.27. The first-order valence-corrected chi connectivity index (χ1v) is 8.29. The fourth-order valence-electron chi connectivity index (χ4n) is 2.34. The van der Waals surface area contributed by atoms with E-state index in [-0.39, 0.29) is 5.57 Å². The van der Waals surface area contributed by atoms with E-state index in [0.717, 1.165) is 11.3 Å². The first-order chi connectivity index (χ1) is 13.1. The molecule has 0 fully saturated rings. The van der Waals surface area contributed by atoms with E-state index in [1.807, 2.05) is 24.3 Å². The summed E-state index contributed by atoms with van der Waals surface area (Å²) in [5.41, 5.74) is 7.96. The molecule has 2 rings (SSSR count). The summed E-state index contributed by atoms with van der Waals surface area (Å²) in [7, 11) is 3.15. The lowest BCUT2D eigenvalue weighted by Gasteiger charge is -2.10. The number of nitrogens with one attached hydrogen (secondary N) is 2. The molecule has 0 radical (unpaired) electrons. The van der Waals surface area contributed by atoms with Crippen LogP contribution in [0.25, 0.3) is 0 Å². The molecule has 0 aromatic heterocycles. The van der Waals surface area contributed by atoms with E-state index in [0.29, 0.717) is 30.2 Å².